The van der Waals surface area contributed by atoms with E-state index in [2.05, 4.69) is 16.9 Å². The van der Waals surface area contributed by atoms with E-state index in [9.17, 15) is 0 Å². The highest BCUT2D eigenvalue weighted by molar-refractivity contribution is 5.26. The van der Waals surface area contributed by atoms with Crippen molar-refractivity contribution in [1.29, 1.82) is 0 Å². The second-order valence-electron chi connectivity index (χ2n) is 3.61. The largest absolute Gasteiger partial charge is 0.486 e. The normalized spacial score (nSPS) is 10.3. The van der Waals surface area contributed by atoms with Gasteiger partial charge in [0.25, 0.3) is 0 Å². The highest BCUT2D eigenvalue weighted by atomic mass is 16.5. The van der Waals surface area contributed by atoms with Crippen LogP contribution in [0.4, 0.5) is 0 Å². The third kappa shape index (κ3) is 2.59. The molecule has 1 N–H and O–H groups in total. The number of imidazole rings is 1. The number of hydrogen-bond donors (Lipinski definition) is 1. The zero-order valence-corrected chi connectivity index (χ0v) is 8.95. The molecule has 0 aliphatic carbocycles. The summed E-state index contributed by atoms with van der Waals surface area (Å²) in [5.41, 5.74) is 2.29. The summed E-state index contributed by atoms with van der Waals surface area (Å²) in [7, 11) is 0. The molecule has 3 heteroatoms. The molecule has 0 bridgehead atoms. The average Bonchev–Trinajstić information content (AvgIpc) is 2.64. The summed E-state index contributed by atoms with van der Waals surface area (Å²) >= 11 is 0. The molecule has 78 valence electrons. The Balaban J connectivity index is 1.96. The Bertz CT molecular complexity index is 431. The van der Waals surface area contributed by atoms with Gasteiger partial charge in [0.15, 0.2) is 0 Å². The van der Waals surface area contributed by atoms with E-state index in [1.807, 2.05) is 31.2 Å². The molecule has 0 aliphatic heterocycles. The van der Waals surface area contributed by atoms with Crippen molar-refractivity contribution >= 4 is 0 Å². The maximum absolute atomic E-state index is 5.57. The number of hydrogen-bond acceptors (Lipinski definition) is 2. The summed E-state index contributed by atoms with van der Waals surface area (Å²) in [6, 6.07) is 7.99. The number of benzene rings is 1. The Morgan fingerprint density at radius 3 is 2.53 bits per heavy atom. The van der Waals surface area contributed by atoms with Crippen LogP contribution in [-0.2, 0) is 6.61 Å². The van der Waals surface area contributed by atoms with Crippen LogP contribution in [0.1, 0.15) is 17.1 Å². The monoisotopic (exact) mass is 202 g/mol. The molecule has 0 aliphatic rings. The van der Waals surface area contributed by atoms with Gasteiger partial charge in [0.1, 0.15) is 18.2 Å². The molecular weight excluding hydrogens is 188 g/mol. The van der Waals surface area contributed by atoms with Crippen LogP contribution in [0.15, 0.2) is 30.5 Å². The fourth-order valence-corrected chi connectivity index (χ4v) is 1.33. The van der Waals surface area contributed by atoms with Crippen LogP contribution in [0.25, 0.3) is 0 Å². The van der Waals surface area contributed by atoms with E-state index in [0.717, 1.165) is 17.3 Å². The van der Waals surface area contributed by atoms with E-state index in [1.165, 1.54) is 5.56 Å². The van der Waals surface area contributed by atoms with E-state index in [0.29, 0.717) is 6.61 Å². The van der Waals surface area contributed by atoms with E-state index in [1.54, 1.807) is 6.20 Å². The molecule has 0 atom stereocenters. The number of nitrogens with one attached hydrogen (secondary N) is 1. The lowest BCUT2D eigenvalue weighted by molar-refractivity contribution is 0.297. The average molecular weight is 202 g/mol. The van der Waals surface area contributed by atoms with E-state index in [4.69, 9.17) is 4.74 Å². The maximum atomic E-state index is 5.57. The predicted molar refractivity (Wildman–Crippen MR) is 58.8 cm³/mol. The van der Waals surface area contributed by atoms with Crippen molar-refractivity contribution in [2.75, 3.05) is 0 Å². The fraction of sp³-hybridized carbons (Fsp3) is 0.250. The van der Waals surface area contributed by atoms with Gasteiger partial charge in [0.05, 0.1) is 0 Å². The Hall–Kier alpha value is -1.77. The number of aromatic amines is 1. The molecule has 0 unspecified atom stereocenters. The van der Waals surface area contributed by atoms with Crippen LogP contribution in [0.2, 0.25) is 0 Å². The van der Waals surface area contributed by atoms with Crippen molar-refractivity contribution in [2.24, 2.45) is 0 Å². The molecule has 2 aromatic rings. The van der Waals surface area contributed by atoms with Gasteiger partial charge in [-0.25, -0.2) is 4.98 Å². The first-order valence-corrected chi connectivity index (χ1v) is 4.94. The van der Waals surface area contributed by atoms with Crippen molar-refractivity contribution in [3.05, 3.63) is 47.5 Å². The lowest BCUT2D eigenvalue weighted by atomic mass is 10.2. The predicted octanol–water partition coefficient (Wildman–Crippen LogP) is 2.61. The van der Waals surface area contributed by atoms with Crippen LogP contribution >= 0.6 is 0 Å². The van der Waals surface area contributed by atoms with Crippen molar-refractivity contribution in [3.63, 3.8) is 0 Å². The first-order valence-electron chi connectivity index (χ1n) is 4.94. The molecule has 3 nitrogen and oxygen atoms in total. The number of ether oxygens (including phenoxy) is 1. The van der Waals surface area contributed by atoms with E-state index in [-0.39, 0.29) is 0 Å². The van der Waals surface area contributed by atoms with Crippen LogP contribution in [0.3, 0.4) is 0 Å². The van der Waals surface area contributed by atoms with Crippen molar-refractivity contribution < 1.29 is 4.74 Å². The topological polar surface area (TPSA) is 37.9 Å². The van der Waals surface area contributed by atoms with Crippen LogP contribution < -0.4 is 4.74 Å². The zero-order chi connectivity index (χ0) is 10.7. The van der Waals surface area contributed by atoms with Gasteiger partial charge in [-0.15, -0.1) is 0 Å². The van der Waals surface area contributed by atoms with Crippen molar-refractivity contribution in [2.45, 2.75) is 20.5 Å². The minimum absolute atomic E-state index is 0.483. The zero-order valence-electron chi connectivity index (χ0n) is 8.95. The van der Waals surface area contributed by atoms with E-state index < -0.39 is 0 Å². The molecule has 0 radical (unpaired) electrons. The Morgan fingerprint density at radius 1 is 1.20 bits per heavy atom. The smallest absolute Gasteiger partial charge is 0.146 e. The summed E-state index contributed by atoms with van der Waals surface area (Å²) in [5.74, 6) is 1.72. The minimum Gasteiger partial charge on any atom is -0.486 e. The molecular formula is C12H14N2O. The van der Waals surface area contributed by atoms with Gasteiger partial charge in [0, 0.05) is 11.9 Å². The summed E-state index contributed by atoms with van der Waals surface area (Å²) in [5, 5.41) is 0. The lowest BCUT2D eigenvalue weighted by Gasteiger charge is -2.03. The highest BCUT2D eigenvalue weighted by Gasteiger charge is 1.98. The Labute approximate surface area is 89.1 Å². The van der Waals surface area contributed by atoms with Gasteiger partial charge in [-0.3, -0.25) is 0 Å². The van der Waals surface area contributed by atoms with Gasteiger partial charge < -0.3 is 9.72 Å². The van der Waals surface area contributed by atoms with Gasteiger partial charge in [0.2, 0.25) is 0 Å². The van der Waals surface area contributed by atoms with E-state index >= 15 is 0 Å². The first kappa shape index (κ1) is 9.77. The molecule has 1 aromatic heterocycles. The highest BCUT2D eigenvalue weighted by Crippen LogP contribution is 2.12. The summed E-state index contributed by atoms with van der Waals surface area (Å²) < 4.78 is 5.57. The van der Waals surface area contributed by atoms with Gasteiger partial charge in [-0.2, -0.15) is 0 Å². The molecule has 0 amide bonds. The standard InChI is InChI=1S/C12H14N2O/c1-9-3-5-11(6-4-9)15-8-12-13-7-10(2)14-12/h3-7H,8H2,1-2H3,(H,13,14). The van der Waals surface area contributed by atoms with Crippen molar-refractivity contribution in [1.82, 2.24) is 9.97 Å². The quantitative estimate of drug-likeness (QED) is 0.830. The third-order valence-corrected chi connectivity index (χ3v) is 2.15. The summed E-state index contributed by atoms with van der Waals surface area (Å²) in [4.78, 5) is 7.29. The lowest BCUT2D eigenvalue weighted by Crippen LogP contribution is -1.97. The van der Waals surface area contributed by atoms with Crippen LogP contribution in [-0.4, -0.2) is 9.97 Å². The number of aromatic nitrogens is 2. The third-order valence-electron chi connectivity index (χ3n) is 2.15. The van der Waals surface area contributed by atoms with Crippen LogP contribution in [0.5, 0.6) is 5.75 Å². The van der Waals surface area contributed by atoms with Gasteiger partial charge in [-0.1, -0.05) is 17.7 Å². The minimum atomic E-state index is 0.483. The number of H-pyrrole nitrogens is 1. The van der Waals surface area contributed by atoms with Crippen LogP contribution in [0, 0.1) is 13.8 Å². The second kappa shape index (κ2) is 4.17. The molecule has 2 rings (SSSR count). The number of rotatable bonds is 3. The molecule has 0 saturated carbocycles. The number of nitrogens with zero attached hydrogens (tertiary/aromatic N) is 1. The first-order chi connectivity index (χ1) is 7.24. The Kier molecular flexibility index (Phi) is 2.72. The molecule has 1 heterocycles. The fourth-order valence-electron chi connectivity index (χ4n) is 1.33. The summed E-state index contributed by atoms with van der Waals surface area (Å²) in [6.45, 7) is 4.51. The summed E-state index contributed by atoms with van der Waals surface area (Å²) in [6.07, 6.45) is 1.80. The molecule has 1 aromatic carbocycles. The van der Waals surface area contributed by atoms with Gasteiger partial charge >= 0.3 is 0 Å². The molecule has 0 saturated heterocycles. The van der Waals surface area contributed by atoms with Gasteiger partial charge in [-0.05, 0) is 26.0 Å². The Morgan fingerprint density at radius 2 is 1.93 bits per heavy atom. The molecule has 0 fully saturated rings. The SMILES string of the molecule is Cc1ccc(OCc2ncc(C)[nH]2)cc1. The number of aryl methyl sites for hydroxylation is 2. The second-order valence-corrected chi connectivity index (χ2v) is 3.61. The maximum Gasteiger partial charge on any atom is 0.146 e. The van der Waals surface area contributed by atoms with Crippen molar-refractivity contribution in [3.8, 4) is 5.75 Å². The molecule has 0 spiro atoms. The molecule has 15 heavy (non-hydrogen) atoms.